The molecule has 26 heavy (non-hydrogen) atoms. The van der Waals surface area contributed by atoms with E-state index in [1.165, 1.54) is 12.4 Å². The molecule has 1 unspecified atom stereocenters. The summed E-state index contributed by atoms with van der Waals surface area (Å²) < 4.78 is 11.2. The molecule has 3 heterocycles. The van der Waals surface area contributed by atoms with Crippen molar-refractivity contribution in [2.24, 2.45) is 5.92 Å². The molecule has 0 aromatic carbocycles. The van der Waals surface area contributed by atoms with Crippen LogP contribution >= 0.6 is 0 Å². The molecule has 1 fully saturated rings. The quantitative estimate of drug-likeness (QED) is 0.745. The SMILES string of the molecule is CC(C)Cc1nc(CCOC2CCCN(C(=O)c3ccnnc3)C2)no1. The molecule has 1 saturated heterocycles. The van der Waals surface area contributed by atoms with Crippen molar-refractivity contribution in [2.45, 2.75) is 45.6 Å². The lowest BCUT2D eigenvalue weighted by Gasteiger charge is -2.32. The zero-order valence-corrected chi connectivity index (χ0v) is 15.3. The molecule has 0 spiro atoms. The van der Waals surface area contributed by atoms with Crippen molar-refractivity contribution in [1.82, 2.24) is 25.2 Å². The Kier molecular flexibility index (Phi) is 6.27. The summed E-state index contributed by atoms with van der Waals surface area (Å²) in [6.07, 6.45) is 6.34. The maximum atomic E-state index is 12.5. The number of piperidine rings is 1. The standard InChI is InChI=1S/C18H25N5O3/c1-13(2)10-17-21-16(22-26-17)6-9-25-15-4-3-8-23(12-15)18(24)14-5-7-19-20-11-14/h5,7,11,13,15H,3-4,6,8-10,12H2,1-2H3. The maximum Gasteiger partial charge on any atom is 0.255 e. The number of nitrogens with zero attached hydrogens (tertiary/aromatic N) is 5. The van der Waals surface area contributed by atoms with Gasteiger partial charge < -0.3 is 14.2 Å². The maximum absolute atomic E-state index is 12.5. The molecule has 8 nitrogen and oxygen atoms in total. The predicted octanol–water partition coefficient (Wildman–Crippen LogP) is 1.92. The van der Waals surface area contributed by atoms with E-state index in [0.717, 1.165) is 25.8 Å². The molecule has 2 aromatic heterocycles. The molecule has 0 N–H and O–H groups in total. The fraction of sp³-hybridized carbons (Fsp3) is 0.611. The Hall–Kier alpha value is -2.35. The molecule has 1 amide bonds. The second-order valence-corrected chi connectivity index (χ2v) is 6.97. The highest BCUT2D eigenvalue weighted by atomic mass is 16.5. The minimum absolute atomic E-state index is 0.0234. The fourth-order valence-corrected chi connectivity index (χ4v) is 3.00. The Balaban J connectivity index is 1.45. The predicted molar refractivity (Wildman–Crippen MR) is 93.5 cm³/mol. The first-order valence-corrected chi connectivity index (χ1v) is 9.11. The van der Waals surface area contributed by atoms with Gasteiger partial charge >= 0.3 is 0 Å². The summed E-state index contributed by atoms with van der Waals surface area (Å²) in [6.45, 7) is 6.08. The smallest absolute Gasteiger partial charge is 0.255 e. The van der Waals surface area contributed by atoms with Gasteiger partial charge in [0.15, 0.2) is 5.82 Å². The Morgan fingerprint density at radius 2 is 2.31 bits per heavy atom. The van der Waals surface area contributed by atoms with E-state index < -0.39 is 0 Å². The van der Waals surface area contributed by atoms with E-state index in [9.17, 15) is 4.79 Å². The average Bonchev–Trinajstić information content (AvgIpc) is 3.08. The molecule has 0 aliphatic carbocycles. The summed E-state index contributed by atoms with van der Waals surface area (Å²) in [7, 11) is 0. The molecule has 0 saturated carbocycles. The third-order valence-electron chi connectivity index (χ3n) is 4.27. The molecule has 1 aliphatic heterocycles. The number of hydrogen-bond acceptors (Lipinski definition) is 7. The van der Waals surface area contributed by atoms with Crippen LogP contribution in [0.1, 0.15) is 48.8 Å². The van der Waals surface area contributed by atoms with E-state index in [2.05, 4.69) is 34.2 Å². The first-order valence-electron chi connectivity index (χ1n) is 9.11. The first kappa shape index (κ1) is 18.4. The van der Waals surface area contributed by atoms with Crippen molar-refractivity contribution < 1.29 is 14.1 Å². The Labute approximate surface area is 152 Å². The lowest BCUT2D eigenvalue weighted by Crippen LogP contribution is -2.43. The summed E-state index contributed by atoms with van der Waals surface area (Å²) >= 11 is 0. The summed E-state index contributed by atoms with van der Waals surface area (Å²) in [5.41, 5.74) is 0.560. The summed E-state index contributed by atoms with van der Waals surface area (Å²) in [4.78, 5) is 18.7. The molecule has 0 radical (unpaired) electrons. The zero-order valence-electron chi connectivity index (χ0n) is 15.3. The van der Waals surface area contributed by atoms with Crippen molar-refractivity contribution >= 4 is 5.91 Å². The second kappa shape index (κ2) is 8.84. The number of ether oxygens (including phenoxy) is 1. The minimum Gasteiger partial charge on any atom is -0.376 e. The van der Waals surface area contributed by atoms with Gasteiger partial charge in [-0.1, -0.05) is 19.0 Å². The van der Waals surface area contributed by atoms with Crippen molar-refractivity contribution in [3.63, 3.8) is 0 Å². The second-order valence-electron chi connectivity index (χ2n) is 6.97. The van der Waals surface area contributed by atoms with Gasteiger partial charge in [-0.05, 0) is 24.8 Å². The van der Waals surface area contributed by atoms with Crippen LogP contribution in [0.25, 0.3) is 0 Å². The molecule has 3 rings (SSSR count). The normalized spacial score (nSPS) is 17.7. The lowest BCUT2D eigenvalue weighted by molar-refractivity contribution is 0.00249. The van der Waals surface area contributed by atoms with Crippen LogP contribution in [-0.2, 0) is 17.6 Å². The van der Waals surface area contributed by atoms with Crippen LogP contribution in [-0.4, -0.2) is 56.9 Å². The largest absolute Gasteiger partial charge is 0.376 e. The Morgan fingerprint density at radius 1 is 1.42 bits per heavy atom. The number of rotatable bonds is 7. The monoisotopic (exact) mass is 359 g/mol. The van der Waals surface area contributed by atoms with E-state index in [-0.39, 0.29) is 12.0 Å². The number of carbonyl (C=O) groups excluding carboxylic acids is 1. The number of aromatic nitrogens is 4. The van der Waals surface area contributed by atoms with Crippen molar-refractivity contribution in [1.29, 1.82) is 0 Å². The highest BCUT2D eigenvalue weighted by Crippen LogP contribution is 2.16. The Morgan fingerprint density at radius 3 is 3.08 bits per heavy atom. The van der Waals surface area contributed by atoms with Crippen LogP contribution in [0.15, 0.2) is 23.0 Å². The van der Waals surface area contributed by atoms with Crippen LogP contribution < -0.4 is 0 Å². The van der Waals surface area contributed by atoms with Crippen LogP contribution in [0.5, 0.6) is 0 Å². The number of amides is 1. The van der Waals surface area contributed by atoms with Gasteiger partial charge in [-0.2, -0.15) is 15.2 Å². The van der Waals surface area contributed by atoms with E-state index >= 15 is 0 Å². The zero-order chi connectivity index (χ0) is 18.4. The fourth-order valence-electron chi connectivity index (χ4n) is 3.00. The molecular formula is C18H25N5O3. The molecule has 2 aromatic rings. The van der Waals surface area contributed by atoms with Gasteiger partial charge in [0.25, 0.3) is 5.91 Å². The van der Waals surface area contributed by atoms with E-state index in [4.69, 9.17) is 9.26 Å². The average molecular weight is 359 g/mol. The van der Waals surface area contributed by atoms with Gasteiger partial charge in [0, 0.05) is 25.9 Å². The summed E-state index contributed by atoms with van der Waals surface area (Å²) in [6, 6.07) is 1.69. The highest BCUT2D eigenvalue weighted by Gasteiger charge is 2.25. The molecule has 1 atom stereocenters. The van der Waals surface area contributed by atoms with Crippen LogP contribution in [0.4, 0.5) is 0 Å². The summed E-state index contributed by atoms with van der Waals surface area (Å²) in [5, 5.41) is 11.5. The number of hydrogen-bond donors (Lipinski definition) is 0. The lowest BCUT2D eigenvalue weighted by atomic mass is 10.1. The van der Waals surface area contributed by atoms with Gasteiger partial charge in [-0.15, -0.1) is 0 Å². The number of likely N-dealkylation sites (tertiary alicyclic amines) is 1. The van der Waals surface area contributed by atoms with E-state index in [1.54, 1.807) is 6.07 Å². The first-order chi connectivity index (χ1) is 12.6. The molecular weight excluding hydrogens is 334 g/mol. The summed E-state index contributed by atoms with van der Waals surface area (Å²) in [5.74, 6) is 1.81. The third-order valence-corrected chi connectivity index (χ3v) is 4.27. The van der Waals surface area contributed by atoms with Gasteiger partial charge in [-0.25, -0.2) is 0 Å². The van der Waals surface area contributed by atoms with Gasteiger partial charge in [0.05, 0.1) is 30.7 Å². The van der Waals surface area contributed by atoms with Gasteiger partial charge in [0.1, 0.15) is 0 Å². The minimum atomic E-state index is -0.0234. The van der Waals surface area contributed by atoms with Gasteiger partial charge in [0.2, 0.25) is 5.89 Å². The van der Waals surface area contributed by atoms with Crippen molar-refractivity contribution in [3.05, 3.63) is 35.7 Å². The van der Waals surface area contributed by atoms with E-state index in [1.807, 2.05) is 4.90 Å². The topological polar surface area (TPSA) is 94.2 Å². The molecule has 8 heteroatoms. The molecule has 140 valence electrons. The molecule has 0 bridgehead atoms. The number of carbonyl (C=O) groups is 1. The van der Waals surface area contributed by atoms with Crippen LogP contribution in [0, 0.1) is 5.92 Å². The third kappa shape index (κ3) is 5.08. The van der Waals surface area contributed by atoms with Gasteiger partial charge in [-0.3, -0.25) is 4.79 Å². The van der Waals surface area contributed by atoms with Crippen molar-refractivity contribution in [3.8, 4) is 0 Å². The van der Waals surface area contributed by atoms with Crippen molar-refractivity contribution in [2.75, 3.05) is 19.7 Å². The van der Waals surface area contributed by atoms with Crippen LogP contribution in [0.2, 0.25) is 0 Å². The Bertz CT molecular complexity index is 704. The highest BCUT2D eigenvalue weighted by molar-refractivity contribution is 5.93. The van der Waals surface area contributed by atoms with E-state index in [0.29, 0.717) is 42.8 Å². The molecule has 1 aliphatic rings. The van der Waals surface area contributed by atoms with Crippen LogP contribution in [0.3, 0.4) is 0 Å².